The van der Waals surface area contributed by atoms with E-state index in [4.69, 9.17) is 16.3 Å². The van der Waals surface area contributed by atoms with Crippen molar-refractivity contribution in [1.82, 2.24) is 29.8 Å². The van der Waals surface area contributed by atoms with Crippen LogP contribution in [0.3, 0.4) is 0 Å². The molecule has 0 amide bonds. The molecule has 0 fully saturated rings. The van der Waals surface area contributed by atoms with E-state index in [0.717, 1.165) is 12.4 Å². The minimum atomic E-state index is -4.63. The zero-order valence-electron chi connectivity index (χ0n) is 16.2. The Morgan fingerprint density at radius 1 is 1.10 bits per heavy atom. The van der Waals surface area contributed by atoms with Crippen molar-refractivity contribution in [3.8, 4) is 5.75 Å². The van der Waals surface area contributed by atoms with E-state index in [9.17, 15) is 13.2 Å². The molecular weight excluding hydrogens is 435 g/mol. The average molecular weight is 450 g/mol. The summed E-state index contributed by atoms with van der Waals surface area (Å²) in [5, 5.41) is 6.81. The maximum atomic E-state index is 12.9. The molecule has 0 bridgehead atoms. The number of methoxy groups -OCH3 is 1. The molecule has 4 rings (SSSR count). The van der Waals surface area contributed by atoms with Gasteiger partial charge in [0.2, 0.25) is 5.82 Å². The molecule has 12 heteroatoms. The van der Waals surface area contributed by atoms with Gasteiger partial charge in [-0.1, -0.05) is 11.6 Å². The zero-order valence-corrected chi connectivity index (χ0v) is 17.0. The summed E-state index contributed by atoms with van der Waals surface area (Å²) in [4.78, 5) is 17.1. The second-order valence-corrected chi connectivity index (χ2v) is 6.88. The summed E-state index contributed by atoms with van der Waals surface area (Å²) < 4.78 is 43.8. The van der Waals surface area contributed by atoms with Crippen LogP contribution in [0, 0.1) is 0 Å². The maximum Gasteiger partial charge on any atom is 0.451 e. The Morgan fingerprint density at radius 3 is 2.45 bits per heavy atom. The first-order valence-electron chi connectivity index (χ1n) is 8.96. The van der Waals surface area contributed by atoms with Gasteiger partial charge in [0, 0.05) is 29.4 Å². The molecule has 3 heterocycles. The molecule has 0 aliphatic carbocycles. The largest absolute Gasteiger partial charge is 0.497 e. The molecule has 0 aliphatic heterocycles. The highest BCUT2D eigenvalue weighted by Gasteiger charge is 2.34. The number of anilines is 1. The smallest absolute Gasteiger partial charge is 0.451 e. The van der Waals surface area contributed by atoms with E-state index in [1.165, 1.54) is 11.1 Å². The molecule has 160 valence electrons. The van der Waals surface area contributed by atoms with Crippen molar-refractivity contribution in [3.63, 3.8) is 0 Å². The van der Waals surface area contributed by atoms with Crippen molar-refractivity contribution in [1.29, 1.82) is 0 Å². The molecule has 0 N–H and O–H groups in total. The van der Waals surface area contributed by atoms with Gasteiger partial charge < -0.3 is 4.74 Å². The van der Waals surface area contributed by atoms with E-state index in [1.807, 2.05) is 0 Å². The SMILES string of the molecule is COc1ccc2c(N(C(C)c3cnc(C(F)(F)F)nc3)n3ccc(Cl)n3)ncnc2c1. The Kier molecular flexibility index (Phi) is 5.36. The minimum Gasteiger partial charge on any atom is -0.497 e. The van der Waals surface area contributed by atoms with Gasteiger partial charge in [-0.2, -0.15) is 18.0 Å². The van der Waals surface area contributed by atoms with Crippen molar-refractivity contribution in [2.75, 3.05) is 12.1 Å². The summed E-state index contributed by atoms with van der Waals surface area (Å²) in [6, 6.07) is 6.32. The lowest BCUT2D eigenvalue weighted by atomic mass is 10.1. The number of hydrogen-bond acceptors (Lipinski definition) is 7. The Balaban J connectivity index is 1.83. The molecule has 4 aromatic rings. The summed E-state index contributed by atoms with van der Waals surface area (Å²) in [6.45, 7) is 1.76. The third kappa shape index (κ3) is 4.08. The van der Waals surface area contributed by atoms with Gasteiger partial charge in [-0.05, 0) is 25.1 Å². The first kappa shape index (κ1) is 20.8. The number of alkyl halides is 3. The molecule has 0 saturated heterocycles. The summed E-state index contributed by atoms with van der Waals surface area (Å²) in [7, 11) is 1.55. The molecule has 1 atom stereocenters. The zero-order chi connectivity index (χ0) is 22.2. The third-order valence-corrected chi connectivity index (χ3v) is 4.78. The normalized spacial score (nSPS) is 12.7. The van der Waals surface area contributed by atoms with Crippen molar-refractivity contribution in [2.45, 2.75) is 19.1 Å². The fourth-order valence-corrected chi connectivity index (χ4v) is 3.18. The number of benzene rings is 1. The Morgan fingerprint density at radius 2 is 1.84 bits per heavy atom. The van der Waals surface area contributed by atoms with Gasteiger partial charge in [-0.25, -0.2) is 24.9 Å². The quantitative estimate of drug-likeness (QED) is 0.448. The Bertz CT molecular complexity index is 1210. The second-order valence-electron chi connectivity index (χ2n) is 6.50. The molecular formula is C19H15ClF3N7O. The lowest BCUT2D eigenvalue weighted by Gasteiger charge is -2.30. The molecule has 0 radical (unpaired) electrons. The van der Waals surface area contributed by atoms with Crippen molar-refractivity contribution in [3.05, 3.63) is 65.7 Å². The van der Waals surface area contributed by atoms with Crippen molar-refractivity contribution >= 4 is 28.3 Å². The summed E-state index contributed by atoms with van der Waals surface area (Å²) >= 11 is 6.01. The van der Waals surface area contributed by atoms with Crippen LogP contribution in [0.25, 0.3) is 10.9 Å². The Hall–Kier alpha value is -3.47. The van der Waals surface area contributed by atoms with Gasteiger partial charge in [0.15, 0.2) is 11.0 Å². The first-order chi connectivity index (χ1) is 14.8. The molecule has 31 heavy (non-hydrogen) atoms. The van der Waals surface area contributed by atoms with Crippen LogP contribution in [0.1, 0.15) is 24.4 Å². The van der Waals surface area contributed by atoms with Crippen LogP contribution < -0.4 is 9.75 Å². The van der Waals surface area contributed by atoms with Crippen LogP contribution in [-0.2, 0) is 6.18 Å². The number of ether oxygens (including phenoxy) is 1. The van der Waals surface area contributed by atoms with Crippen LogP contribution in [0.15, 0.2) is 49.2 Å². The molecule has 1 unspecified atom stereocenters. The predicted octanol–water partition coefficient (Wildman–Crippen LogP) is 4.33. The first-order valence-corrected chi connectivity index (χ1v) is 9.34. The van der Waals surface area contributed by atoms with E-state index >= 15 is 0 Å². The number of fused-ring (bicyclic) bond motifs is 1. The van der Waals surface area contributed by atoms with Crippen molar-refractivity contribution < 1.29 is 17.9 Å². The van der Waals surface area contributed by atoms with Gasteiger partial charge >= 0.3 is 6.18 Å². The summed E-state index contributed by atoms with van der Waals surface area (Å²) in [6.07, 6.45) is 0.626. The van der Waals surface area contributed by atoms with Gasteiger partial charge in [-0.15, -0.1) is 5.10 Å². The van der Waals surface area contributed by atoms with Crippen LogP contribution >= 0.6 is 11.6 Å². The van der Waals surface area contributed by atoms with Crippen LogP contribution in [0.5, 0.6) is 5.75 Å². The number of nitrogens with zero attached hydrogens (tertiary/aromatic N) is 7. The van der Waals surface area contributed by atoms with Crippen molar-refractivity contribution in [2.24, 2.45) is 0 Å². The summed E-state index contributed by atoms with van der Waals surface area (Å²) in [5.74, 6) is -0.133. The number of hydrogen-bond donors (Lipinski definition) is 0. The monoisotopic (exact) mass is 449 g/mol. The highest BCUT2D eigenvalue weighted by atomic mass is 35.5. The highest BCUT2D eigenvalue weighted by molar-refractivity contribution is 6.29. The van der Waals surface area contributed by atoms with Crippen LogP contribution in [0.4, 0.5) is 19.0 Å². The topological polar surface area (TPSA) is 81.9 Å². The minimum absolute atomic E-state index is 0.237. The number of halogens is 4. The lowest BCUT2D eigenvalue weighted by Crippen LogP contribution is -2.34. The number of rotatable bonds is 5. The van der Waals surface area contributed by atoms with Gasteiger partial charge in [0.1, 0.15) is 12.1 Å². The van der Waals surface area contributed by atoms with E-state index in [1.54, 1.807) is 49.5 Å². The van der Waals surface area contributed by atoms with Gasteiger partial charge in [-0.3, -0.25) is 0 Å². The predicted molar refractivity (Wildman–Crippen MR) is 107 cm³/mol. The molecule has 8 nitrogen and oxygen atoms in total. The molecule has 0 spiro atoms. The lowest BCUT2D eigenvalue weighted by molar-refractivity contribution is -0.145. The number of aromatic nitrogens is 6. The van der Waals surface area contributed by atoms with E-state index in [-0.39, 0.29) is 5.15 Å². The fourth-order valence-electron chi connectivity index (χ4n) is 3.04. The highest BCUT2D eigenvalue weighted by Crippen LogP contribution is 2.33. The third-order valence-electron chi connectivity index (χ3n) is 4.58. The molecule has 3 aromatic heterocycles. The maximum absolute atomic E-state index is 12.9. The van der Waals surface area contributed by atoms with E-state index in [2.05, 4.69) is 25.0 Å². The molecule has 0 aliphatic rings. The van der Waals surface area contributed by atoms with Gasteiger partial charge in [0.25, 0.3) is 0 Å². The van der Waals surface area contributed by atoms with Crippen LogP contribution in [-0.4, -0.2) is 36.9 Å². The average Bonchev–Trinajstić information content (AvgIpc) is 3.18. The Labute approximate surface area is 179 Å². The van der Waals surface area contributed by atoms with Gasteiger partial charge in [0.05, 0.1) is 24.9 Å². The molecule has 0 saturated carbocycles. The summed E-state index contributed by atoms with van der Waals surface area (Å²) in [5.41, 5.74) is 1.03. The molecule has 1 aromatic carbocycles. The second kappa shape index (κ2) is 7.99. The van der Waals surface area contributed by atoms with E-state index < -0.39 is 18.0 Å². The fraction of sp³-hybridized carbons (Fsp3) is 0.211. The standard InChI is InChI=1S/C19H15ClF3N7O/c1-11(12-8-24-18(25-9-12)19(21,22)23)30(29-6-5-16(20)28-29)17-14-4-3-13(31-2)7-15(14)26-10-27-17/h3-11H,1-2H3. The van der Waals surface area contributed by atoms with Crippen LogP contribution in [0.2, 0.25) is 5.15 Å². The van der Waals surface area contributed by atoms with E-state index in [0.29, 0.717) is 28.0 Å².